The van der Waals surface area contributed by atoms with Crippen LogP contribution in [-0.2, 0) is 0 Å². The van der Waals surface area contributed by atoms with Crippen molar-refractivity contribution in [2.45, 2.75) is 19.4 Å². The van der Waals surface area contributed by atoms with E-state index in [1.54, 1.807) is 0 Å². The van der Waals surface area contributed by atoms with Gasteiger partial charge in [-0.05, 0) is 35.7 Å². The lowest BCUT2D eigenvalue weighted by Crippen LogP contribution is -2.28. The van der Waals surface area contributed by atoms with Gasteiger partial charge in [0.2, 0.25) is 0 Å². The third-order valence-electron chi connectivity index (χ3n) is 2.93. The lowest BCUT2D eigenvalue weighted by molar-refractivity contribution is 0.551. The highest BCUT2D eigenvalue weighted by molar-refractivity contribution is 5.83. The van der Waals surface area contributed by atoms with Crippen molar-refractivity contribution >= 4 is 10.8 Å². The second kappa shape index (κ2) is 5.13. The number of hydrogen-bond acceptors (Lipinski definition) is 2. The molecule has 17 heavy (non-hydrogen) atoms. The SMILES string of the molecule is C=C(C)CC(NN)c1ccc2ccccc2c1. The number of nitrogens with one attached hydrogen (secondary N) is 1. The number of rotatable bonds is 4. The average molecular weight is 226 g/mol. The summed E-state index contributed by atoms with van der Waals surface area (Å²) in [4.78, 5) is 0. The van der Waals surface area contributed by atoms with E-state index in [4.69, 9.17) is 5.84 Å². The molecule has 2 aromatic rings. The molecule has 88 valence electrons. The second-order valence-electron chi connectivity index (χ2n) is 4.49. The molecule has 2 nitrogen and oxygen atoms in total. The maximum Gasteiger partial charge on any atom is 0.0497 e. The quantitative estimate of drug-likeness (QED) is 0.477. The molecule has 0 fully saturated rings. The zero-order chi connectivity index (χ0) is 12.3. The van der Waals surface area contributed by atoms with E-state index in [1.165, 1.54) is 16.3 Å². The molecular formula is C15H18N2. The Hall–Kier alpha value is -1.64. The van der Waals surface area contributed by atoms with Gasteiger partial charge in [0, 0.05) is 6.04 Å². The normalized spacial score (nSPS) is 12.6. The van der Waals surface area contributed by atoms with Gasteiger partial charge in [0.05, 0.1) is 0 Å². The van der Waals surface area contributed by atoms with E-state index in [1.807, 2.05) is 6.92 Å². The number of nitrogens with two attached hydrogens (primary N) is 1. The van der Waals surface area contributed by atoms with Gasteiger partial charge in [0.1, 0.15) is 0 Å². The zero-order valence-electron chi connectivity index (χ0n) is 10.1. The van der Waals surface area contributed by atoms with E-state index in [-0.39, 0.29) is 6.04 Å². The van der Waals surface area contributed by atoms with Crippen LogP contribution in [0, 0.1) is 0 Å². The summed E-state index contributed by atoms with van der Waals surface area (Å²) in [5, 5.41) is 2.49. The molecule has 0 aliphatic carbocycles. The number of fused-ring (bicyclic) bond motifs is 1. The van der Waals surface area contributed by atoms with Gasteiger partial charge in [-0.2, -0.15) is 0 Å². The van der Waals surface area contributed by atoms with Gasteiger partial charge in [0.25, 0.3) is 0 Å². The maximum absolute atomic E-state index is 5.61. The van der Waals surface area contributed by atoms with Gasteiger partial charge in [-0.25, -0.2) is 0 Å². The summed E-state index contributed by atoms with van der Waals surface area (Å²) in [6.45, 7) is 5.95. The fourth-order valence-corrected chi connectivity index (χ4v) is 2.05. The van der Waals surface area contributed by atoms with E-state index in [0.29, 0.717) is 0 Å². The summed E-state index contributed by atoms with van der Waals surface area (Å²) in [7, 11) is 0. The first-order chi connectivity index (χ1) is 8.20. The van der Waals surface area contributed by atoms with E-state index >= 15 is 0 Å². The Bertz CT molecular complexity index is 531. The van der Waals surface area contributed by atoms with Crippen LogP contribution in [0.25, 0.3) is 10.8 Å². The molecule has 2 aromatic carbocycles. The van der Waals surface area contributed by atoms with Gasteiger partial charge in [-0.3, -0.25) is 11.3 Å². The molecule has 0 saturated carbocycles. The summed E-state index contributed by atoms with van der Waals surface area (Å²) in [5.41, 5.74) is 5.18. The van der Waals surface area contributed by atoms with E-state index in [9.17, 15) is 0 Å². The zero-order valence-corrected chi connectivity index (χ0v) is 10.1. The Labute approximate surface area is 102 Å². The minimum absolute atomic E-state index is 0.136. The van der Waals surface area contributed by atoms with Crippen molar-refractivity contribution in [3.8, 4) is 0 Å². The Morgan fingerprint density at radius 1 is 1.24 bits per heavy atom. The molecule has 2 rings (SSSR count). The monoisotopic (exact) mass is 226 g/mol. The molecule has 0 heterocycles. The van der Waals surface area contributed by atoms with Crippen LogP contribution in [0.1, 0.15) is 24.9 Å². The summed E-state index contributed by atoms with van der Waals surface area (Å²) in [5.74, 6) is 5.61. The highest BCUT2D eigenvalue weighted by Crippen LogP contribution is 2.23. The van der Waals surface area contributed by atoms with Crippen molar-refractivity contribution in [2.75, 3.05) is 0 Å². The fourth-order valence-electron chi connectivity index (χ4n) is 2.05. The number of hydrogen-bond donors (Lipinski definition) is 2. The highest BCUT2D eigenvalue weighted by Gasteiger charge is 2.09. The Morgan fingerprint density at radius 3 is 2.59 bits per heavy atom. The van der Waals surface area contributed by atoms with Crippen LogP contribution in [-0.4, -0.2) is 0 Å². The van der Waals surface area contributed by atoms with Crippen LogP contribution in [0.5, 0.6) is 0 Å². The van der Waals surface area contributed by atoms with Gasteiger partial charge < -0.3 is 0 Å². The Kier molecular flexibility index (Phi) is 3.57. The molecule has 0 radical (unpaired) electrons. The fraction of sp³-hybridized carbons (Fsp3) is 0.200. The minimum Gasteiger partial charge on any atom is -0.271 e. The molecule has 1 unspecified atom stereocenters. The third kappa shape index (κ3) is 2.73. The number of hydrazine groups is 1. The summed E-state index contributed by atoms with van der Waals surface area (Å²) < 4.78 is 0. The third-order valence-corrected chi connectivity index (χ3v) is 2.93. The van der Waals surface area contributed by atoms with E-state index in [0.717, 1.165) is 12.0 Å². The second-order valence-corrected chi connectivity index (χ2v) is 4.49. The first-order valence-electron chi connectivity index (χ1n) is 5.80. The lowest BCUT2D eigenvalue weighted by Gasteiger charge is -2.16. The summed E-state index contributed by atoms with van der Waals surface area (Å²) in [6, 6.07) is 14.9. The van der Waals surface area contributed by atoms with Crippen LogP contribution in [0.15, 0.2) is 54.6 Å². The summed E-state index contributed by atoms with van der Waals surface area (Å²) in [6.07, 6.45) is 0.856. The van der Waals surface area contributed by atoms with Gasteiger partial charge in [0.15, 0.2) is 0 Å². The van der Waals surface area contributed by atoms with E-state index < -0.39 is 0 Å². The van der Waals surface area contributed by atoms with Gasteiger partial charge in [-0.1, -0.05) is 42.0 Å². The van der Waals surface area contributed by atoms with Crippen LogP contribution in [0.4, 0.5) is 0 Å². The summed E-state index contributed by atoms with van der Waals surface area (Å²) >= 11 is 0. The molecule has 2 heteroatoms. The highest BCUT2D eigenvalue weighted by atomic mass is 15.2. The van der Waals surface area contributed by atoms with Crippen LogP contribution < -0.4 is 11.3 Å². The predicted molar refractivity (Wildman–Crippen MR) is 73.4 cm³/mol. The lowest BCUT2D eigenvalue weighted by atomic mass is 9.98. The van der Waals surface area contributed by atoms with Crippen molar-refractivity contribution in [2.24, 2.45) is 5.84 Å². The standard InChI is InChI=1S/C15H18N2/c1-11(2)9-15(17-16)14-8-7-12-5-3-4-6-13(12)10-14/h3-8,10,15,17H,1,9,16H2,2H3. The maximum atomic E-state index is 5.61. The van der Waals surface area contributed by atoms with Crippen molar-refractivity contribution in [1.29, 1.82) is 0 Å². The smallest absolute Gasteiger partial charge is 0.0497 e. The molecule has 0 amide bonds. The van der Waals surface area contributed by atoms with Crippen molar-refractivity contribution in [1.82, 2.24) is 5.43 Å². The molecule has 0 saturated heterocycles. The molecule has 3 N–H and O–H groups in total. The van der Waals surface area contributed by atoms with Crippen LogP contribution in [0.3, 0.4) is 0 Å². The van der Waals surface area contributed by atoms with Gasteiger partial charge >= 0.3 is 0 Å². The Balaban J connectivity index is 2.37. The minimum atomic E-state index is 0.136. The van der Waals surface area contributed by atoms with Crippen molar-refractivity contribution in [3.05, 3.63) is 60.2 Å². The number of benzene rings is 2. The largest absolute Gasteiger partial charge is 0.271 e. The Morgan fingerprint density at radius 2 is 1.94 bits per heavy atom. The molecule has 0 aromatic heterocycles. The van der Waals surface area contributed by atoms with Gasteiger partial charge in [-0.15, -0.1) is 6.58 Å². The van der Waals surface area contributed by atoms with E-state index in [2.05, 4.69) is 54.5 Å². The molecule has 1 atom stereocenters. The topological polar surface area (TPSA) is 38.0 Å². The molecular weight excluding hydrogens is 208 g/mol. The predicted octanol–water partition coefficient (Wildman–Crippen LogP) is 3.31. The van der Waals surface area contributed by atoms with Crippen molar-refractivity contribution in [3.63, 3.8) is 0 Å². The average Bonchev–Trinajstić information content (AvgIpc) is 2.35. The molecule has 0 aliphatic rings. The first kappa shape index (κ1) is 11.8. The van der Waals surface area contributed by atoms with Crippen LogP contribution >= 0.6 is 0 Å². The molecule has 0 spiro atoms. The van der Waals surface area contributed by atoms with Crippen molar-refractivity contribution < 1.29 is 0 Å². The molecule has 0 bridgehead atoms. The van der Waals surface area contributed by atoms with Crippen LogP contribution in [0.2, 0.25) is 0 Å². The molecule has 0 aliphatic heterocycles. The first-order valence-corrected chi connectivity index (χ1v) is 5.80.